The van der Waals surface area contributed by atoms with E-state index in [4.69, 9.17) is 0 Å². The van der Waals surface area contributed by atoms with E-state index in [2.05, 4.69) is 48.3 Å². The van der Waals surface area contributed by atoms with E-state index in [0.29, 0.717) is 6.04 Å². The van der Waals surface area contributed by atoms with E-state index in [1.54, 1.807) is 0 Å². The maximum Gasteiger partial charge on any atom is 0.0292 e. The Bertz CT molecular complexity index is 343. The molecule has 1 aromatic carbocycles. The topological polar surface area (TPSA) is 15.3 Å². The predicted molar refractivity (Wildman–Crippen MR) is 73.3 cm³/mol. The Morgan fingerprint density at radius 1 is 1.29 bits per heavy atom. The first-order chi connectivity index (χ1) is 8.25. The van der Waals surface area contributed by atoms with E-state index in [-0.39, 0.29) is 0 Å². The Hall–Kier alpha value is -0.860. The number of likely N-dealkylation sites (tertiary alicyclic amines) is 1. The fourth-order valence-corrected chi connectivity index (χ4v) is 2.50. The van der Waals surface area contributed by atoms with Gasteiger partial charge in [0.05, 0.1) is 0 Å². The molecule has 1 N–H and O–H groups in total. The summed E-state index contributed by atoms with van der Waals surface area (Å²) in [7, 11) is 0. The normalized spacial score (nSPS) is 18.5. The molecule has 0 aliphatic carbocycles. The van der Waals surface area contributed by atoms with Crippen LogP contribution in [-0.4, -0.2) is 31.1 Å². The molecule has 1 fully saturated rings. The van der Waals surface area contributed by atoms with Crippen molar-refractivity contribution in [1.29, 1.82) is 0 Å². The van der Waals surface area contributed by atoms with Crippen LogP contribution in [-0.2, 0) is 0 Å². The monoisotopic (exact) mass is 232 g/mol. The summed E-state index contributed by atoms with van der Waals surface area (Å²) in [6, 6.07) is 9.23. The Balaban J connectivity index is 1.74. The SMILES string of the molecule is Cc1cccc([C@@H](C)NCCN2CCCC2)c1. The molecule has 1 atom stereocenters. The van der Waals surface area contributed by atoms with Gasteiger partial charge in [-0.15, -0.1) is 0 Å². The molecule has 17 heavy (non-hydrogen) atoms. The van der Waals surface area contributed by atoms with Gasteiger partial charge in [-0.1, -0.05) is 29.8 Å². The second kappa shape index (κ2) is 6.18. The van der Waals surface area contributed by atoms with Crippen molar-refractivity contribution in [3.8, 4) is 0 Å². The van der Waals surface area contributed by atoms with Crippen LogP contribution in [0.5, 0.6) is 0 Å². The molecule has 0 aromatic heterocycles. The summed E-state index contributed by atoms with van der Waals surface area (Å²) >= 11 is 0. The van der Waals surface area contributed by atoms with E-state index in [1.807, 2.05) is 0 Å². The molecule has 0 bridgehead atoms. The molecule has 1 aromatic rings. The summed E-state index contributed by atoms with van der Waals surface area (Å²) in [5.74, 6) is 0. The van der Waals surface area contributed by atoms with E-state index < -0.39 is 0 Å². The number of aryl methyl sites for hydroxylation is 1. The highest BCUT2D eigenvalue weighted by Crippen LogP contribution is 2.13. The third kappa shape index (κ3) is 3.83. The van der Waals surface area contributed by atoms with Crippen LogP contribution in [0.1, 0.15) is 36.9 Å². The van der Waals surface area contributed by atoms with Crippen molar-refractivity contribution < 1.29 is 0 Å². The second-order valence-electron chi connectivity index (χ2n) is 5.14. The zero-order valence-corrected chi connectivity index (χ0v) is 11.1. The van der Waals surface area contributed by atoms with Crippen LogP contribution < -0.4 is 5.32 Å². The van der Waals surface area contributed by atoms with E-state index in [0.717, 1.165) is 6.54 Å². The van der Waals surface area contributed by atoms with Crippen LogP contribution in [0.25, 0.3) is 0 Å². The minimum absolute atomic E-state index is 0.456. The molecule has 0 unspecified atom stereocenters. The first-order valence-corrected chi connectivity index (χ1v) is 6.78. The molecular formula is C15H24N2. The van der Waals surface area contributed by atoms with Crippen molar-refractivity contribution in [3.63, 3.8) is 0 Å². The summed E-state index contributed by atoms with van der Waals surface area (Å²) in [5.41, 5.74) is 2.74. The molecule has 2 nitrogen and oxygen atoms in total. The molecule has 0 amide bonds. The average Bonchev–Trinajstić information content (AvgIpc) is 2.82. The van der Waals surface area contributed by atoms with Gasteiger partial charge in [0.15, 0.2) is 0 Å². The minimum Gasteiger partial charge on any atom is -0.309 e. The maximum atomic E-state index is 3.61. The van der Waals surface area contributed by atoms with Gasteiger partial charge in [-0.05, 0) is 45.3 Å². The molecule has 1 aliphatic heterocycles. The standard InChI is InChI=1S/C15H24N2/c1-13-6-5-7-15(12-13)14(2)16-8-11-17-9-3-4-10-17/h5-7,12,14,16H,3-4,8-11H2,1-2H3/t14-/m1/s1. The predicted octanol–water partition coefficient (Wildman–Crippen LogP) is 2.74. The van der Waals surface area contributed by atoms with Gasteiger partial charge in [-0.2, -0.15) is 0 Å². The Morgan fingerprint density at radius 2 is 2.06 bits per heavy atom. The van der Waals surface area contributed by atoms with Gasteiger partial charge in [0.25, 0.3) is 0 Å². The lowest BCUT2D eigenvalue weighted by atomic mass is 10.1. The quantitative estimate of drug-likeness (QED) is 0.840. The van der Waals surface area contributed by atoms with E-state index in [1.165, 1.54) is 43.6 Å². The fraction of sp³-hybridized carbons (Fsp3) is 0.600. The summed E-state index contributed by atoms with van der Waals surface area (Å²) < 4.78 is 0. The molecule has 0 saturated carbocycles. The van der Waals surface area contributed by atoms with Crippen LogP contribution in [0.3, 0.4) is 0 Å². The lowest BCUT2D eigenvalue weighted by molar-refractivity contribution is 0.330. The van der Waals surface area contributed by atoms with Gasteiger partial charge in [0, 0.05) is 19.1 Å². The fourth-order valence-electron chi connectivity index (χ4n) is 2.50. The number of nitrogens with one attached hydrogen (secondary N) is 1. The van der Waals surface area contributed by atoms with Crippen LogP contribution in [0, 0.1) is 6.92 Å². The number of hydrogen-bond donors (Lipinski definition) is 1. The number of hydrogen-bond acceptors (Lipinski definition) is 2. The highest BCUT2D eigenvalue weighted by Gasteiger charge is 2.11. The molecule has 0 radical (unpaired) electrons. The largest absolute Gasteiger partial charge is 0.309 e. The molecule has 94 valence electrons. The zero-order valence-electron chi connectivity index (χ0n) is 11.1. The Labute approximate surface area is 105 Å². The summed E-state index contributed by atoms with van der Waals surface area (Å²) in [4.78, 5) is 2.55. The molecule has 1 saturated heterocycles. The summed E-state index contributed by atoms with van der Waals surface area (Å²) in [6.45, 7) is 9.27. The second-order valence-corrected chi connectivity index (χ2v) is 5.14. The number of benzene rings is 1. The zero-order chi connectivity index (χ0) is 12.1. The highest BCUT2D eigenvalue weighted by atomic mass is 15.1. The summed E-state index contributed by atoms with van der Waals surface area (Å²) in [6.07, 6.45) is 2.76. The van der Waals surface area contributed by atoms with Crippen molar-refractivity contribution in [2.24, 2.45) is 0 Å². The number of nitrogens with zero attached hydrogens (tertiary/aromatic N) is 1. The van der Waals surface area contributed by atoms with E-state index >= 15 is 0 Å². The van der Waals surface area contributed by atoms with Gasteiger partial charge in [0.2, 0.25) is 0 Å². The highest BCUT2D eigenvalue weighted by molar-refractivity contribution is 5.24. The van der Waals surface area contributed by atoms with Crippen molar-refractivity contribution in [3.05, 3.63) is 35.4 Å². The third-order valence-corrected chi connectivity index (χ3v) is 3.62. The maximum absolute atomic E-state index is 3.61. The van der Waals surface area contributed by atoms with Gasteiger partial charge in [-0.25, -0.2) is 0 Å². The van der Waals surface area contributed by atoms with Gasteiger partial charge < -0.3 is 10.2 Å². The molecule has 0 spiro atoms. The van der Waals surface area contributed by atoms with Crippen LogP contribution in [0.4, 0.5) is 0 Å². The molecule has 1 aliphatic rings. The van der Waals surface area contributed by atoms with Crippen LogP contribution >= 0.6 is 0 Å². The number of rotatable bonds is 5. The molecule has 1 heterocycles. The lowest BCUT2D eigenvalue weighted by Crippen LogP contribution is -2.31. The average molecular weight is 232 g/mol. The Morgan fingerprint density at radius 3 is 2.76 bits per heavy atom. The van der Waals surface area contributed by atoms with Crippen molar-refractivity contribution in [2.75, 3.05) is 26.2 Å². The first kappa shape index (κ1) is 12.6. The van der Waals surface area contributed by atoms with Crippen molar-refractivity contribution in [1.82, 2.24) is 10.2 Å². The molecule has 2 rings (SSSR count). The smallest absolute Gasteiger partial charge is 0.0292 e. The minimum atomic E-state index is 0.456. The first-order valence-electron chi connectivity index (χ1n) is 6.78. The molecule has 2 heteroatoms. The van der Waals surface area contributed by atoms with Crippen LogP contribution in [0.2, 0.25) is 0 Å². The van der Waals surface area contributed by atoms with Crippen molar-refractivity contribution in [2.45, 2.75) is 32.7 Å². The third-order valence-electron chi connectivity index (χ3n) is 3.62. The molecular weight excluding hydrogens is 208 g/mol. The van der Waals surface area contributed by atoms with Crippen molar-refractivity contribution >= 4 is 0 Å². The van der Waals surface area contributed by atoms with Gasteiger partial charge >= 0.3 is 0 Å². The lowest BCUT2D eigenvalue weighted by Gasteiger charge is -2.18. The Kier molecular flexibility index (Phi) is 4.57. The summed E-state index contributed by atoms with van der Waals surface area (Å²) in [5, 5.41) is 3.61. The van der Waals surface area contributed by atoms with Gasteiger partial charge in [-0.3, -0.25) is 0 Å². The van der Waals surface area contributed by atoms with Crippen LogP contribution in [0.15, 0.2) is 24.3 Å². The van der Waals surface area contributed by atoms with E-state index in [9.17, 15) is 0 Å². The van der Waals surface area contributed by atoms with Gasteiger partial charge in [0.1, 0.15) is 0 Å².